The molecule has 0 aliphatic carbocycles. The van der Waals surface area contributed by atoms with E-state index >= 15 is 0 Å². The van der Waals surface area contributed by atoms with Crippen molar-refractivity contribution in [1.29, 1.82) is 0 Å². The van der Waals surface area contributed by atoms with E-state index in [1.54, 1.807) is 6.20 Å². The minimum Gasteiger partial charge on any atom is -0.349 e. The number of benzene rings is 1. The summed E-state index contributed by atoms with van der Waals surface area (Å²) >= 11 is 0. The Hall–Kier alpha value is -2.10. The highest BCUT2D eigenvalue weighted by molar-refractivity contribution is 5.93. The molecule has 0 aliphatic rings. The maximum absolute atomic E-state index is 11.7. The van der Waals surface area contributed by atoms with Crippen molar-refractivity contribution < 1.29 is 4.79 Å². The number of aromatic amines is 1. The van der Waals surface area contributed by atoms with Crippen molar-refractivity contribution in [3.05, 3.63) is 53.9 Å². The first-order valence-electron chi connectivity index (χ1n) is 5.59. The molecule has 0 saturated carbocycles. The number of H-pyrrole nitrogens is 1. The number of aromatic nitrogens is 2. The summed E-state index contributed by atoms with van der Waals surface area (Å²) in [7, 11) is 0. The Bertz CT molecular complexity index is 465. The van der Waals surface area contributed by atoms with Gasteiger partial charge >= 0.3 is 0 Å². The Labute approximate surface area is 100 Å². The van der Waals surface area contributed by atoms with Crippen molar-refractivity contribution in [3.63, 3.8) is 0 Å². The van der Waals surface area contributed by atoms with Crippen molar-refractivity contribution in [3.8, 4) is 0 Å². The van der Waals surface area contributed by atoms with Gasteiger partial charge in [0.25, 0.3) is 5.91 Å². The van der Waals surface area contributed by atoms with Crippen LogP contribution in [0.25, 0.3) is 0 Å². The van der Waals surface area contributed by atoms with E-state index in [9.17, 15) is 4.79 Å². The fraction of sp³-hybridized carbons (Fsp3) is 0.231. The molecule has 0 spiro atoms. The van der Waals surface area contributed by atoms with Gasteiger partial charge in [-0.05, 0) is 18.9 Å². The van der Waals surface area contributed by atoms with Crippen LogP contribution in [-0.4, -0.2) is 22.1 Å². The predicted octanol–water partition coefficient (Wildman–Crippen LogP) is 1.77. The number of hydrogen-bond acceptors (Lipinski definition) is 2. The third-order valence-corrected chi connectivity index (χ3v) is 2.52. The summed E-state index contributed by atoms with van der Waals surface area (Å²) in [5.74, 6) is -0.0952. The quantitative estimate of drug-likeness (QED) is 0.839. The molecular formula is C13H15N3O. The van der Waals surface area contributed by atoms with Crippen molar-refractivity contribution >= 4 is 5.91 Å². The number of carbonyl (C=O) groups excluding carboxylic acids is 1. The SMILES string of the molecule is CC(Cc1ccccc1)NC(=O)c1cn[nH]c1. The normalized spacial score (nSPS) is 12.1. The molecule has 17 heavy (non-hydrogen) atoms. The molecule has 1 amide bonds. The van der Waals surface area contributed by atoms with Crippen LogP contribution in [0, 0.1) is 0 Å². The van der Waals surface area contributed by atoms with E-state index in [4.69, 9.17) is 0 Å². The lowest BCUT2D eigenvalue weighted by Crippen LogP contribution is -2.33. The number of rotatable bonds is 4. The second kappa shape index (κ2) is 5.30. The molecule has 0 fully saturated rings. The molecule has 88 valence electrons. The zero-order valence-electron chi connectivity index (χ0n) is 9.68. The maximum atomic E-state index is 11.7. The summed E-state index contributed by atoms with van der Waals surface area (Å²) in [5.41, 5.74) is 1.78. The molecule has 2 N–H and O–H groups in total. The summed E-state index contributed by atoms with van der Waals surface area (Å²) < 4.78 is 0. The fourth-order valence-corrected chi connectivity index (χ4v) is 1.70. The van der Waals surface area contributed by atoms with Crippen LogP contribution in [0.2, 0.25) is 0 Å². The average Bonchev–Trinajstić information content (AvgIpc) is 2.83. The molecule has 4 nitrogen and oxygen atoms in total. The molecule has 2 aromatic rings. The molecule has 0 saturated heterocycles. The first kappa shape index (κ1) is 11.4. The van der Waals surface area contributed by atoms with Gasteiger partial charge in [-0.25, -0.2) is 0 Å². The van der Waals surface area contributed by atoms with Crippen LogP contribution in [0.5, 0.6) is 0 Å². The highest BCUT2D eigenvalue weighted by Crippen LogP contribution is 2.03. The van der Waals surface area contributed by atoms with Gasteiger partial charge in [0.05, 0.1) is 11.8 Å². The summed E-state index contributed by atoms with van der Waals surface area (Å²) in [6.07, 6.45) is 3.93. The van der Waals surface area contributed by atoms with Gasteiger partial charge in [-0.1, -0.05) is 30.3 Å². The number of hydrogen-bond donors (Lipinski definition) is 2. The Morgan fingerprint density at radius 1 is 1.41 bits per heavy atom. The van der Waals surface area contributed by atoms with E-state index in [0.717, 1.165) is 6.42 Å². The van der Waals surface area contributed by atoms with E-state index in [1.807, 2.05) is 25.1 Å². The predicted molar refractivity (Wildman–Crippen MR) is 65.7 cm³/mol. The first-order chi connectivity index (χ1) is 8.25. The van der Waals surface area contributed by atoms with E-state index in [0.29, 0.717) is 5.56 Å². The summed E-state index contributed by atoms with van der Waals surface area (Å²) in [6, 6.07) is 10.2. The van der Waals surface area contributed by atoms with E-state index < -0.39 is 0 Å². The molecule has 1 heterocycles. The minimum atomic E-state index is -0.0952. The summed E-state index contributed by atoms with van der Waals surface area (Å²) in [4.78, 5) is 11.7. The summed E-state index contributed by atoms with van der Waals surface area (Å²) in [6.45, 7) is 1.99. The Balaban J connectivity index is 1.90. The smallest absolute Gasteiger partial charge is 0.254 e. The fourth-order valence-electron chi connectivity index (χ4n) is 1.70. The number of nitrogens with zero attached hydrogens (tertiary/aromatic N) is 1. The highest BCUT2D eigenvalue weighted by Gasteiger charge is 2.10. The van der Waals surface area contributed by atoms with Crippen molar-refractivity contribution in [2.75, 3.05) is 0 Å². The van der Waals surface area contributed by atoms with Crippen LogP contribution in [0.15, 0.2) is 42.7 Å². The van der Waals surface area contributed by atoms with Crippen LogP contribution in [0.1, 0.15) is 22.8 Å². The third-order valence-electron chi connectivity index (χ3n) is 2.52. The summed E-state index contributed by atoms with van der Waals surface area (Å²) in [5, 5.41) is 9.30. The zero-order valence-corrected chi connectivity index (χ0v) is 9.68. The van der Waals surface area contributed by atoms with Crippen LogP contribution < -0.4 is 5.32 Å². The van der Waals surface area contributed by atoms with Gasteiger partial charge in [0.15, 0.2) is 0 Å². The average molecular weight is 229 g/mol. The van der Waals surface area contributed by atoms with Gasteiger partial charge in [0.2, 0.25) is 0 Å². The monoisotopic (exact) mass is 229 g/mol. The Morgan fingerprint density at radius 3 is 2.82 bits per heavy atom. The van der Waals surface area contributed by atoms with Crippen molar-refractivity contribution in [1.82, 2.24) is 15.5 Å². The standard InChI is InChI=1S/C13H15N3O/c1-10(7-11-5-3-2-4-6-11)16-13(17)12-8-14-15-9-12/h2-6,8-10H,7H2,1H3,(H,14,15)(H,16,17). The Kier molecular flexibility index (Phi) is 3.55. The number of nitrogens with one attached hydrogen (secondary N) is 2. The van der Waals surface area contributed by atoms with Crippen molar-refractivity contribution in [2.45, 2.75) is 19.4 Å². The minimum absolute atomic E-state index is 0.0952. The third kappa shape index (κ3) is 3.17. The molecule has 1 unspecified atom stereocenters. The second-order valence-electron chi connectivity index (χ2n) is 4.05. The topological polar surface area (TPSA) is 57.8 Å². The molecule has 1 aromatic heterocycles. The lowest BCUT2D eigenvalue weighted by Gasteiger charge is -2.13. The van der Waals surface area contributed by atoms with Crippen LogP contribution in [-0.2, 0) is 6.42 Å². The van der Waals surface area contributed by atoms with Gasteiger partial charge < -0.3 is 5.32 Å². The van der Waals surface area contributed by atoms with Gasteiger partial charge in [0.1, 0.15) is 0 Å². The number of carbonyl (C=O) groups is 1. The number of amides is 1. The van der Waals surface area contributed by atoms with Gasteiger partial charge in [-0.15, -0.1) is 0 Å². The molecule has 4 heteroatoms. The van der Waals surface area contributed by atoms with Crippen LogP contribution >= 0.6 is 0 Å². The van der Waals surface area contributed by atoms with E-state index in [-0.39, 0.29) is 11.9 Å². The van der Waals surface area contributed by atoms with Crippen LogP contribution in [0.4, 0.5) is 0 Å². The molecule has 2 rings (SSSR count). The van der Waals surface area contributed by atoms with Gasteiger partial charge in [0, 0.05) is 12.2 Å². The molecule has 1 aromatic carbocycles. The highest BCUT2D eigenvalue weighted by atomic mass is 16.1. The van der Waals surface area contributed by atoms with E-state index in [1.165, 1.54) is 11.8 Å². The molecule has 1 atom stereocenters. The molecule has 0 radical (unpaired) electrons. The zero-order chi connectivity index (χ0) is 12.1. The largest absolute Gasteiger partial charge is 0.349 e. The lowest BCUT2D eigenvalue weighted by molar-refractivity contribution is 0.0940. The van der Waals surface area contributed by atoms with Gasteiger partial charge in [-0.2, -0.15) is 5.10 Å². The second-order valence-corrected chi connectivity index (χ2v) is 4.05. The van der Waals surface area contributed by atoms with Crippen molar-refractivity contribution in [2.24, 2.45) is 0 Å². The molecule has 0 aliphatic heterocycles. The van der Waals surface area contributed by atoms with E-state index in [2.05, 4.69) is 27.6 Å². The lowest BCUT2D eigenvalue weighted by atomic mass is 10.1. The first-order valence-corrected chi connectivity index (χ1v) is 5.59. The van der Waals surface area contributed by atoms with Gasteiger partial charge in [-0.3, -0.25) is 9.89 Å². The molecular weight excluding hydrogens is 214 g/mol. The molecule has 0 bridgehead atoms. The maximum Gasteiger partial charge on any atom is 0.254 e. The van der Waals surface area contributed by atoms with Crippen LogP contribution in [0.3, 0.4) is 0 Å². The Morgan fingerprint density at radius 2 is 2.18 bits per heavy atom.